The average molecular weight is 245 g/mol. The van der Waals surface area contributed by atoms with Crippen LogP contribution in [0.15, 0.2) is 0 Å². The molecule has 1 aliphatic rings. The minimum absolute atomic E-state index is 0.197. The molecule has 1 fully saturated rings. The summed E-state index contributed by atoms with van der Waals surface area (Å²) in [6.45, 7) is 6.50. The molecule has 0 atom stereocenters. The maximum absolute atomic E-state index is 10.3. The molecule has 0 bridgehead atoms. The summed E-state index contributed by atoms with van der Waals surface area (Å²) in [6, 6.07) is 0. The number of ether oxygens (including phenoxy) is 2. The highest BCUT2D eigenvalue weighted by Gasteiger charge is 2.28. The van der Waals surface area contributed by atoms with E-state index >= 15 is 0 Å². The van der Waals surface area contributed by atoms with E-state index in [1.165, 1.54) is 6.42 Å². The summed E-state index contributed by atoms with van der Waals surface area (Å²) in [5.41, 5.74) is -0.513. The molecule has 0 radical (unpaired) electrons. The van der Waals surface area contributed by atoms with Crippen LogP contribution in [-0.2, 0) is 9.47 Å². The van der Waals surface area contributed by atoms with Crippen molar-refractivity contribution in [2.45, 2.75) is 57.8 Å². The van der Waals surface area contributed by atoms with Gasteiger partial charge in [-0.2, -0.15) is 0 Å². The number of rotatable bonds is 8. The van der Waals surface area contributed by atoms with E-state index in [1.54, 1.807) is 0 Å². The van der Waals surface area contributed by atoms with Crippen molar-refractivity contribution in [2.75, 3.05) is 26.3 Å². The van der Waals surface area contributed by atoms with Crippen LogP contribution >= 0.6 is 0 Å². The Morgan fingerprint density at radius 3 is 2.24 bits per heavy atom. The van der Waals surface area contributed by atoms with Crippen molar-refractivity contribution in [1.82, 2.24) is 5.32 Å². The minimum atomic E-state index is -0.513. The quantitative estimate of drug-likeness (QED) is 0.639. The second kappa shape index (κ2) is 8.03. The molecule has 0 spiro atoms. The maximum atomic E-state index is 10.3. The number of hydrogen-bond acceptors (Lipinski definition) is 4. The van der Waals surface area contributed by atoms with Crippen LogP contribution in [0.3, 0.4) is 0 Å². The zero-order chi connectivity index (χ0) is 12.6. The van der Waals surface area contributed by atoms with E-state index in [1.807, 2.05) is 13.8 Å². The third kappa shape index (κ3) is 5.82. The van der Waals surface area contributed by atoms with Crippen LogP contribution in [0.5, 0.6) is 0 Å². The van der Waals surface area contributed by atoms with Crippen molar-refractivity contribution in [3.8, 4) is 0 Å². The van der Waals surface area contributed by atoms with Crippen molar-refractivity contribution in [2.24, 2.45) is 0 Å². The van der Waals surface area contributed by atoms with E-state index in [0.29, 0.717) is 26.3 Å². The summed E-state index contributed by atoms with van der Waals surface area (Å²) in [7, 11) is 0. The molecule has 0 unspecified atom stereocenters. The SMILES string of the molecule is CCOC(CNCC1(O)CCCCC1)OCC. The molecule has 0 aromatic rings. The van der Waals surface area contributed by atoms with Crippen molar-refractivity contribution in [3.63, 3.8) is 0 Å². The molecule has 102 valence electrons. The van der Waals surface area contributed by atoms with Crippen molar-refractivity contribution < 1.29 is 14.6 Å². The maximum Gasteiger partial charge on any atom is 0.169 e. The van der Waals surface area contributed by atoms with E-state index < -0.39 is 5.60 Å². The van der Waals surface area contributed by atoms with E-state index in [2.05, 4.69) is 5.32 Å². The molecule has 0 aromatic carbocycles. The van der Waals surface area contributed by atoms with Gasteiger partial charge in [-0.05, 0) is 26.7 Å². The van der Waals surface area contributed by atoms with Gasteiger partial charge in [0.25, 0.3) is 0 Å². The second-order valence-corrected chi connectivity index (χ2v) is 4.76. The highest BCUT2D eigenvalue weighted by atomic mass is 16.7. The zero-order valence-corrected chi connectivity index (χ0v) is 11.2. The van der Waals surface area contributed by atoms with Gasteiger partial charge in [0.1, 0.15) is 0 Å². The molecule has 1 rings (SSSR count). The number of hydrogen-bond donors (Lipinski definition) is 2. The summed E-state index contributed by atoms with van der Waals surface area (Å²) >= 11 is 0. The van der Waals surface area contributed by atoms with Crippen molar-refractivity contribution >= 4 is 0 Å². The van der Waals surface area contributed by atoms with Gasteiger partial charge in [-0.15, -0.1) is 0 Å². The fraction of sp³-hybridized carbons (Fsp3) is 1.00. The van der Waals surface area contributed by atoms with Crippen molar-refractivity contribution in [1.29, 1.82) is 0 Å². The Morgan fingerprint density at radius 2 is 1.71 bits per heavy atom. The van der Waals surface area contributed by atoms with Gasteiger partial charge in [0, 0.05) is 26.3 Å². The Hall–Kier alpha value is -0.160. The minimum Gasteiger partial charge on any atom is -0.389 e. The van der Waals surface area contributed by atoms with Gasteiger partial charge < -0.3 is 19.9 Å². The predicted molar refractivity (Wildman–Crippen MR) is 67.9 cm³/mol. The Morgan fingerprint density at radius 1 is 1.12 bits per heavy atom. The number of nitrogens with one attached hydrogen (secondary N) is 1. The Bertz CT molecular complexity index is 187. The molecule has 1 aliphatic carbocycles. The Labute approximate surface area is 105 Å². The summed E-state index contributed by atoms with van der Waals surface area (Å²) in [5, 5.41) is 13.6. The largest absolute Gasteiger partial charge is 0.389 e. The van der Waals surface area contributed by atoms with Crippen LogP contribution in [0.2, 0.25) is 0 Å². The fourth-order valence-electron chi connectivity index (χ4n) is 2.35. The standard InChI is InChI=1S/C13H27NO3/c1-3-16-12(17-4-2)10-14-11-13(15)8-6-5-7-9-13/h12,14-15H,3-11H2,1-2H3. The molecular formula is C13H27NO3. The van der Waals surface area contributed by atoms with E-state index in [0.717, 1.165) is 25.7 Å². The van der Waals surface area contributed by atoms with Crippen LogP contribution in [0.1, 0.15) is 46.0 Å². The average Bonchev–Trinajstić information content (AvgIpc) is 2.30. The first-order chi connectivity index (χ1) is 8.20. The topological polar surface area (TPSA) is 50.7 Å². The van der Waals surface area contributed by atoms with E-state index in [4.69, 9.17) is 9.47 Å². The van der Waals surface area contributed by atoms with Crippen LogP contribution in [-0.4, -0.2) is 43.3 Å². The summed E-state index contributed by atoms with van der Waals surface area (Å²) < 4.78 is 10.9. The lowest BCUT2D eigenvalue weighted by atomic mass is 9.85. The van der Waals surface area contributed by atoms with Gasteiger partial charge >= 0.3 is 0 Å². The van der Waals surface area contributed by atoms with E-state index in [-0.39, 0.29) is 6.29 Å². The molecule has 0 aromatic heterocycles. The summed E-state index contributed by atoms with van der Waals surface area (Å²) in [4.78, 5) is 0. The van der Waals surface area contributed by atoms with Crippen LogP contribution in [0.4, 0.5) is 0 Å². The first kappa shape index (κ1) is 14.9. The van der Waals surface area contributed by atoms with Gasteiger partial charge in [-0.25, -0.2) is 0 Å². The zero-order valence-electron chi connectivity index (χ0n) is 11.2. The van der Waals surface area contributed by atoms with E-state index in [9.17, 15) is 5.11 Å². The molecule has 2 N–H and O–H groups in total. The highest BCUT2D eigenvalue weighted by Crippen LogP contribution is 2.27. The Balaban J connectivity index is 2.19. The molecule has 0 amide bonds. The molecule has 4 nitrogen and oxygen atoms in total. The van der Waals surface area contributed by atoms with Crippen LogP contribution < -0.4 is 5.32 Å². The predicted octanol–water partition coefficient (Wildman–Crippen LogP) is 1.67. The molecule has 4 heteroatoms. The van der Waals surface area contributed by atoms with Gasteiger partial charge in [0.15, 0.2) is 6.29 Å². The lowest BCUT2D eigenvalue weighted by Crippen LogP contribution is -2.45. The summed E-state index contributed by atoms with van der Waals surface area (Å²) in [5.74, 6) is 0. The normalized spacial score (nSPS) is 19.8. The smallest absolute Gasteiger partial charge is 0.169 e. The van der Waals surface area contributed by atoms with Gasteiger partial charge in [0.2, 0.25) is 0 Å². The third-order valence-electron chi connectivity index (χ3n) is 3.25. The van der Waals surface area contributed by atoms with Gasteiger partial charge in [-0.1, -0.05) is 19.3 Å². The van der Waals surface area contributed by atoms with Crippen molar-refractivity contribution in [3.05, 3.63) is 0 Å². The first-order valence-electron chi connectivity index (χ1n) is 6.86. The van der Waals surface area contributed by atoms with Crippen LogP contribution in [0.25, 0.3) is 0 Å². The van der Waals surface area contributed by atoms with Crippen LogP contribution in [0, 0.1) is 0 Å². The molecule has 0 heterocycles. The van der Waals surface area contributed by atoms with Gasteiger partial charge in [0.05, 0.1) is 5.60 Å². The fourth-order valence-corrected chi connectivity index (χ4v) is 2.35. The second-order valence-electron chi connectivity index (χ2n) is 4.76. The lowest BCUT2D eigenvalue weighted by Gasteiger charge is -2.32. The lowest BCUT2D eigenvalue weighted by molar-refractivity contribution is -0.134. The Kier molecular flexibility index (Phi) is 7.04. The molecule has 17 heavy (non-hydrogen) atoms. The third-order valence-corrected chi connectivity index (χ3v) is 3.25. The summed E-state index contributed by atoms with van der Waals surface area (Å²) in [6.07, 6.45) is 5.15. The first-order valence-corrected chi connectivity index (χ1v) is 6.86. The monoisotopic (exact) mass is 245 g/mol. The molecule has 1 saturated carbocycles. The molecule has 0 aliphatic heterocycles. The molecular weight excluding hydrogens is 218 g/mol. The highest BCUT2D eigenvalue weighted by molar-refractivity contribution is 4.84. The number of aliphatic hydroxyl groups is 1. The van der Waals surface area contributed by atoms with Gasteiger partial charge in [-0.3, -0.25) is 0 Å². The molecule has 0 saturated heterocycles.